The zero-order chi connectivity index (χ0) is 23.4. The van der Waals surface area contributed by atoms with Gasteiger partial charge in [-0.2, -0.15) is 13.2 Å². The Hall–Kier alpha value is -2.90. The van der Waals surface area contributed by atoms with Gasteiger partial charge in [0, 0.05) is 12.2 Å². The summed E-state index contributed by atoms with van der Waals surface area (Å²) < 4.78 is 39.7. The molecule has 2 atom stereocenters. The summed E-state index contributed by atoms with van der Waals surface area (Å²) in [7, 11) is 0. The van der Waals surface area contributed by atoms with Crippen molar-refractivity contribution in [3.8, 4) is 11.1 Å². The SMILES string of the molecule is O=C(N[C@@H](c1ccc(-c2ccccc2)cc1)[C@@H]1CCCCN1)c1nccc(C(F)(F)F)c1Cl. The lowest BCUT2D eigenvalue weighted by molar-refractivity contribution is -0.137. The minimum atomic E-state index is -4.67. The number of halogens is 4. The lowest BCUT2D eigenvalue weighted by atomic mass is 9.91. The summed E-state index contributed by atoms with van der Waals surface area (Å²) in [4.78, 5) is 16.8. The van der Waals surface area contributed by atoms with Crippen molar-refractivity contribution in [2.75, 3.05) is 6.54 Å². The number of carbonyl (C=O) groups excluding carboxylic acids is 1. The van der Waals surface area contributed by atoms with Crippen molar-refractivity contribution < 1.29 is 18.0 Å². The molecule has 1 amide bonds. The van der Waals surface area contributed by atoms with Crippen LogP contribution >= 0.6 is 11.6 Å². The van der Waals surface area contributed by atoms with E-state index in [4.69, 9.17) is 11.6 Å². The molecule has 1 saturated heterocycles. The Kier molecular flexibility index (Phi) is 7.00. The van der Waals surface area contributed by atoms with Gasteiger partial charge in [-0.15, -0.1) is 0 Å². The fraction of sp³-hybridized carbons (Fsp3) is 0.280. The van der Waals surface area contributed by atoms with E-state index in [1.807, 2.05) is 54.6 Å². The number of piperidine rings is 1. The van der Waals surface area contributed by atoms with Crippen molar-refractivity contribution in [3.63, 3.8) is 0 Å². The number of amides is 1. The number of alkyl halides is 3. The van der Waals surface area contributed by atoms with E-state index in [9.17, 15) is 18.0 Å². The summed E-state index contributed by atoms with van der Waals surface area (Å²) in [6, 6.07) is 18.0. The van der Waals surface area contributed by atoms with E-state index < -0.39 is 34.4 Å². The van der Waals surface area contributed by atoms with Crippen LogP contribution in [0.2, 0.25) is 5.02 Å². The van der Waals surface area contributed by atoms with Gasteiger partial charge in [0.25, 0.3) is 5.91 Å². The molecule has 4 rings (SSSR count). The van der Waals surface area contributed by atoms with E-state index in [-0.39, 0.29) is 6.04 Å². The number of nitrogens with one attached hydrogen (secondary N) is 2. The zero-order valence-electron chi connectivity index (χ0n) is 17.7. The van der Waals surface area contributed by atoms with Crippen LogP contribution in [0.1, 0.15) is 46.9 Å². The summed E-state index contributed by atoms with van der Waals surface area (Å²) in [6.45, 7) is 0.807. The first-order valence-electron chi connectivity index (χ1n) is 10.8. The summed E-state index contributed by atoms with van der Waals surface area (Å²) >= 11 is 5.93. The Morgan fingerprint density at radius 3 is 2.36 bits per heavy atom. The smallest absolute Gasteiger partial charge is 0.342 e. The van der Waals surface area contributed by atoms with E-state index in [0.717, 1.165) is 54.8 Å². The second-order valence-corrected chi connectivity index (χ2v) is 8.39. The fourth-order valence-corrected chi connectivity index (χ4v) is 4.43. The quantitative estimate of drug-likeness (QED) is 0.475. The molecule has 33 heavy (non-hydrogen) atoms. The number of carbonyl (C=O) groups is 1. The van der Waals surface area contributed by atoms with Crippen molar-refractivity contribution in [1.29, 1.82) is 0 Å². The standard InChI is InChI=1S/C25H23ClF3N3O/c26-21-19(25(27,28)29)13-15-31-23(21)24(33)32-22(20-8-4-5-14-30-20)18-11-9-17(10-12-18)16-6-2-1-3-7-16/h1-3,6-7,9-13,15,20,22,30H,4-5,8,14H2,(H,32,33)/t20-,22-/m0/s1. The fourth-order valence-electron chi connectivity index (χ4n) is 4.12. The first-order chi connectivity index (χ1) is 15.8. The van der Waals surface area contributed by atoms with Gasteiger partial charge >= 0.3 is 6.18 Å². The highest BCUT2D eigenvalue weighted by molar-refractivity contribution is 6.34. The average Bonchev–Trinajstić information content (AvgIpc) is 2.83. The van der Waals surface area contributed by atoms with Crippen LogP contribution < -0.4 is 10.6 Å². The number of hydrogen-bond donors (Lipinski definition) is 2. The second kappa shape index (κ2) is 9.93. The molecule has 8 heteroatoms. The predicted molar refractivity (Wildman–Crippen MR) is 122 cm³/mol. The van der Waals surface area contributed by atoms with Gasteiger partial charge < -0.3 is 10.6 Å². The molecule has 4 nitrogen and oxygen atoms in total. The van der Waals surface area contributed by atoms with Gasteiger partial charge in [-0.05, 0) is 42.1 Å². The summed E-state index contributed by atoms with van der Waals surface area (Å²) in [5, 5.41) is 5.61. The Balaban J connectivity index is 1.63. The predicted octanol–water partition coefficient (Wildman–Crippen LogP) is 6.03. The van der Waals surface area contributed by atoms with Crippen LogP contribution in [-0.4, -0.2) is 23.5 Å². The molecular weight excluding hydrogens is 451 g/mol. The number of aromatic nitrogens is 1. The Morgan fingerprint density at radius 2 is 1.73 bits per heavy atom. The molecular formula is C25H23ClF3N3O. The average molecular weight is 474 g/mol. The highest BCUT2D eigenvalue weighted by atomic mass is 35.5. The van der Waals surface area contributed by atoms with Crippen molar-refractivity contribution in [3.05, 3.63) is 88.7 Å². The molecule has 0 radical (unpaired) electrons. The molecule has 2 aromatic carbocycles. The van der Waals surface area contributed by atoms with Crippen LogP contribution in [0.3, 0.4) is 0 Å². The molecule has 1 fully saturated rings. The Bertz CT molecular complexity index is 1100. The maximum absolute atomic E-state index is 13.2. The van der Waals surface area contributed by atoms with Gasteiger partial charge in [0.05, 0.1) is 16.6 Å². The zero-order valence-corrected chi connectivity index (χ0v) is 18.5. The maximum atomic E-state index is 13.2. The van der Waals surface area contributed by atoms with Gasteiger partial charge in [-0.25, -0.2) is 4.98 Å². The number of pyridine rings is 1. The molecule has 2 heterocycles. The summed E-state index contributed by atoms with van der Waals surface area (Å²) in [5.41, 5.74) is 1.44. The van der Waals surface area contributed by atoms with Gasteiger partial charge in [-0.1, -0.05) is 72.6 Å². The molecule has 0 aliphatic carbocycles. The van der Waals surface area contributed by atoms with Crippen LogP contribution in [0.25, 0.3) is 11.1 Å². The third-order valence-corrected chi connectivity index (χ3v) is 6.21. The lowest BCUT2D eigenvalue weighted by Crippen LogP contribution is -2.46. The van der Waals surface area contributed by atoms with Gasteiger partial charge in [-0.3, -0.25) is 4.79 Å². The second-order valence-electron chi connectivity index (χ2n) is 8.01. The molecule has 0 bridgehead atoms. The molecule has 2 N–H and O–H groups in total. The van der Waals surface area contributed by atoms with E-state index >= 15 is 0 Å². The summed E-state index contributed by atoms with van der Waals surface area (Å²) in [6.07, 6.45) is -0.867. The summed E-state index contributed by atoms with van der Waals surface area (Å²) in [5.74, 6) is -0.740. The van der Waals surface area contributed by atoms with E-state index in [2.05, 4.69) is 15.6 Å². The van der Waals surface area contributed by atoms with Gasteiger partial charge in [0.15, 0.2) is 0 Å². The molecule has 172 valence electrons. The molecule has 1 aliphatic rings. The highest BCUT2D eigenvalue weighted by Crippen LogP contribution is 2.36. The van der Waals surface area contributed by atoms with Crippen LogP contribution in [0.5, 0.6) is 0 Å². The molecule has 0 unspecified atom stereocenters. The maximum Gasteiger partial charge on any atom is 0.417 e. The third kappa shape index (κ3) is 5.37. The van der Waals surface area contributed by atoms with E-state index in [1.54, 1.807) is 0 Å². The van der Waals surface area contributed by atoms with Crippen molar-refractivity contribution in [2.45, 2.75) is 37.5 Å². The Labute approximate surface area is 195 Å². The highest BCUT2D eigenvalue weighted by Gasteiger charge is 2.36. The lowest BCUT2D eigenvalue weighted by Gasteiger charge is -2.32. The largest absolute Gasteiger partial charge is 0.417 e. The van der Waals surface area contributed by atoms with Crippen LogP contribution in [0.4, 0.5) is 13.2 Å². The van der Waals surface area contributed by atoms with Crippen molar-refractivity contribution in [1.82, 2.24) is 15.6 Å². The van der Waals surface area contributed by atoms with Crippen LogP contribution in [0.15, 0.2) is 66.9 Å². The van der Waals surface area contributed by atoms with Crippen LogP contribution in [-0.2, 0) is 6.18 Å². The number of hydrogen-bond acceptors (Lipinski definition) is 3. The minimum absolute atomic E-state index is 0.0603. The molecule has 3 aromatic rings. The van der Waals surface area contributed by atoms with Gasteiger partial charge in [0.2, 0.25) is 0 Å². The first kappa shape index (κ1) is 23.3. The third-order valence-electron chi connectivity index (χ3n) is 5.82. The molecule has 0 saturated carbocycles. The normalized spacial score (nSPS) is 17.4. The van der Waals surface area contributed by atoms with Crippen LogP contribution in [0, 0.1) is 0 Å². The van der Waals surface area contributed by atoms with Gasteiger partial charge in [0.1, 0.15) is 5.69 Å². The molecule has 1 aliphatic heterocycles. The molecule has 1 aromatic heterocycles. The monoisotopic (exact) mass is 473 g/mol. The van der Waals surface area contributed by atoms with Crippen molar-refractivity contribution >= 4 is 17.5 Å². The molecule has 0 spiro atoms. The minimum Gasteiger partial charge on any atom is -0.342 e. The number of benzene rings is 2. The van der Waals surface area contributed by atoms with E-state index in [0.29, 0.717) is 0 Å². The van der Waals surface area contributed by atoms with E-state index in [1.165, 1.54) is 0 Å². The number of rotatable bonds is 5. The Morgan fingerprint density at radius 1 is 1.03 bits per heavy atom. The number of nitrogens with zero attached hydrogens (tertiary/aromatic N) is 1. The topological polar surface area (TPSA) is 54.0 Å². The first-order valence-corrected chi connectivity index (χ1v) is 11.1. The van der Waals surface area contributed by atoms with Crippen molar-refractivity contribution in [2.24, 2.45) is 0 Å².